The van der Waals surface area contributed by atoms with Gasteiger partial charge in [-0.2, -0.15) is 0 Å². The topological polar surface area (TPSA) is 58.6 Å². The van der Waals surface area contributed by atoms with Crippen molar-refractivity contribution in [3.05, 3.63) is 0 Å². The molecule has 1 saturated carbocycles. The molecule has 2 fully saturated rings. The summed E-state index contributed by atoms with van der Waals surface area (Å²) in [4.78, 5) is 26.3. The molecule has 22 heavy (non-hydrogen) atoms. The van der Waals surface area contributed by atoms with Crippen LogP contribution < -0.4 is 5.32 Å². The first-order valence-electron chi connectivity index (χ1n) is 8.72. The third-order valence-electron chi connectivity index (χ3n) is 4.77. The molecule has 0 aromatic heterocycles. The van der Waals surface area contributed by atoms with Gasteiger partial charge in [-0.05, 0) is 37.5 Å². The third-order valence-corrected chi connectivity index (χ3v) is 4.77. The van der Waals surface area contributed by atoms with Gasteiger partial charge in [0.1, 0.15) is 6.04 Å². The second kappa shape index (κ2) is 7.84. The zero-order valence-corrected chi connectivity index (χ0v) is 14.1. The van der Waals surface area contributed by atoms with Crippen LogP contribution in [0.25, 0.3) is 0 Å². The molecule has 5 heteroatoms. The highest BCUT2D eigenvalue weighted by Crippen LogP contribution is 2.25. The summed E-state index contributed by atoms with van der Waals surface area (Å²) < 4.78 is 5.29. The number of nitrogens with zero attached hydrogens (tertiary/aromatic N) is 1. The predicted octanol–water partition coefficient (Wildman–Crippen LogP) is 2.94. The summed E-state index contributed by atoms with van der Waals surface area (Å²) in [6.07, 6.45) is 5.93. The Morgan fingerprint density at radius 1 is 1.18 bits per heavy atom. The van der Waals surface area contributed by atoms with Gasteiger partial charge < -0.3 is 10.1 Å². The number of hydrogen-bond acceptors (Lipinski definition) is 3. The van der Waals surface area contributed by atoms with Gasteiger partial charge in [0.05, 0.1) is 6.61 Å². The SMILES string of the molecule is CC(C)COC(=O)N1CCC[C@@H]1C(=O)N[C@@H]1CCCC[C@H]1C. The molecule has 1 aliphatic carbocycles. The Morgan fingerprint density at radius 3 is 2.59 bits per heavy atom. The summed E-state index contributed by atoms with van der Waals surface area (Å²) in [5, 5.41) is 3.17. The van der Waals surface area contributed by atoms with Crippen molar-refractivity contribution in [2.24, 2.45) is 11.8 Å². The average molecular weight is 310 g/mol. The lowest BCUT2D eigenvalue weighted by atomic mass is 9.86. The van der Waals surface area contributed by atoms with Gasteiger partial charge in [-0.15, -0.1) is 0 Å². The van der Waals surface area contributed by atoms with Crippen LogP contribution in [0.1, 0.15) is 59.3 Å². The van der Waals surface area contributed by atoms with E-state index in [9.17, 15) is 9.59 Å². The lowest BCUT2D eigenvalue weighted by Gasteiger charge is -2.32. The highest BCUT2D eigenvalue weighted by Gasteiger charge is 2.36. The molecule has 2 amide bonds. The van der Waals surface area contributed by atoms with E-state index >= 15 is 0 Å². The van der Waals surface area contributed by atoms with Crippen LogP contribution in [0.3, 0.4) is 0 Å². The van der Waals surface area contributed by atoms with Crippen LogP contribution in [0.5, 0.6) is 0 Å². The number of amides is 2. The van der Waals surface area contributed by atoms with Gasteiger partial charge in [0.25, 0.3) is 0 Å². The lowest BCUT2D eigenvalue weighted by molar-refractivity contribution is -0.126. The van der Waals surface area contributed by atoms with Crippen molar-refractivity contribution in [2.45, 2.75) is 71.4 Å². The first-order chi connectivity index (χ1) is 10.5. The van der Waals surface area contributed by atoms with E-state index in [1.54, 1.807) is 4.90 Å². The molecular formula is C17H30N2O3. The van der Waals surface area contributed by atoms with Gasteiger partial charge in [-0.3, -0.25) is 9.69 Å². The summed E-state index contributed by atoms with van der Waals surface area (Å²) in [6.45, 7) is 7.24. The van der Waals surface area contributed by atoms with Crippen LogP contribution in [0.15, 0.2) is 0 Å². The predicted molar refractivity (Wildman–Crippen MR) is 85.5 cm³/mol. The van der Waals surface area contributed by atoms with Crippen LogP contribution in [0, 0.1) is 11.8 Å². The Balaban J connectivity index is 1.88. The van der Waals surface area contributed by atoms with Crippen LogP contribution in [0.4, 0.5) is 4.79 Å². The number of likely N-dealkylation sites (tertiary alicyclic amines) is 1. The molecule has 0 aromatic rings. The first kappa shape index (κ1) is 17.1. The molecule has 0 bridgehead atoms. The van der Waals surface area contributed by atoms with E-state index in [1.807, 2.05) is 13.8 Å². The van der Waals surface area contributed by atoms with Gasteiger partial charge in [0.15, 0.2) is 0 Å². The van der Waals surface area contributed by atoms with Crippen molar-refractivity contribution in [1.82, 2.24) is 10.2 Å². The second-order valence-electron chi connectivity index (χ2n) is 7.20. The Hall–Kier alpha value is -1.26. The Morgan fingerprint density at radius 2 is 1.91 bits per heavy atom. The minimum Gasteiger partial charge on any atom is -0.449 e. The molecule has 126 valence electrons. The minimum atomic E-state index is -0.353. The molecule has 3 atom stereocenters. The number of rotatable bonds is 4. The lowest BCUT2D eigenvalue weighted by Crippen LogP contribution is -2.51. The fourth-order valence-electron chi connectivity index (χ4n) is 3.39. The number of ether oxygens (including phenoxy) is 1. The molecule has 1 heterocycles. The second-order valence-corrected chi connectivity index (χ2v) is 7.20. The van der Waals surface area contributed by atoms with E-state index in [2.05, 4.69) is 12.2 Å². The molecule has 0 spiro atoms. The maximum absolute atomic E-state index is 12.6. The Kier molecular flexibility index (Phi) is 6.09. The van der Waals surface area contributed by atoms with Crippen molar-refractivity contribution in [2.75, 3.05) is 13.2 Å². The standard InChI is InChI=1S/C17H30N2O3/c1-12(2)11-22-17(21)19-10-6-9-15(19)16(20)18-14-8-5-4-7-13(14)3/h12-15H,4-11H2,1-3H3,(H,18,20)/t13-,14-,15-/m1/s1. The molecule has 2 rings (SSSR count). The van der Waals surface area contributed by atoms with Crippen molar-refractivity contribution in [1.29, 1.82) is 0 Å². The zero-order valence-electron chi connectivity index (χ0n) is 14.1. The number of carbonyl (C=O) groups excluding carboxylic acids is 2. The van der Waals surface area contributed by atoms with Gasteiger partial charge in [0.2, 0.25) is 5.91 Å². The fourth-order valence-corrected chi connectivity index (χ4v) is 3.39. The maximum atomic E-state index is 12.6. The molecule has 0 aromatic carbocycles. The molecular weight excluding hydrogens is 280 g/mol. The largest absolute Gasteiger partial charge is 0.449 e. The van der Waals surface area contributed by atoms with Gasteiger partial charge in [-0.1, -0.05) is 33.6 Å². The first-order valence-corrected chi connectivity index (χ1v) is 8.72. The molecule has 2 aliphatic rings. The third kappa shape index (κ3) is 4.37. The highest BCUT2D eigenvalue weighted by atomic mass is 16.6. The summed E-state index contributed by atoms with van der Waals surface area (Å²) in [6, 6.07) is -0.0934. The zero-order chi connectivity index (χ0) is 16.1. The van der Waals surface area contributed by atoms with E-state index in [-0.39, 0.29) is 24.1 Å². The van der Waals surface area contributed by atoms with Crippen molar-refractivity contribution in [3.8, 4) is 0 Å². The molecule has 0 radical (unpaired) electrons. The van der Waals surface area contributed by atoms with Crippen molar-refractivity contribution < 1.29 is 14.3 Å². The molecule has 5 nitrogen and oxygen atoms in total. The Bertz CT molecular complexity index is 397. The summed E-state index contributed by atoms with van der Waals surface area (Å²) in [7, 11) is 0. The molecule has 1 N–H and O–H groups in total. The maximum Gasteiger partial charge on any atom is 0.410 e. The van der Waals surface area contributed by atoms with Crippen molar-refractivity contribution in [3.63, 3.8) is 0 Å². The van der Waals surface area contributed by atoms with E-state index < -0.39 is 0 Å². The van der Waals surface area contributed by atoms with E-state index in [0.717, 1.165) is 19.3 Å². The molecule has 1 saturated heterocycles. The number of hydrogen-bond donors (Lipinski definition) is 1. The van der Waals surface area contributed by atoms with Crippen molar-refractivity contribution >= 4 is 12.0 Å². The average Bonchev–Trinajstić information content (AvgIpc) is 2.96. The van der Waals surface area contributed by atoms with Gasteiger partial charge in [-0.25, -0.2) is 4.79 Å². The van der Waals surface area contributed by atoms with Crippen LogP contribution in [-0.4, -0.2) is 42.1 Å². The normalized spacial score (nSPS) is 28.7. The van der Waals surface area contributed by atoms with Crippen LogP contribution in [-0.2, 0) is 9.53 Å². The van der Waals surface area contributed by atoms with E-state index in [1.165, 1.54) is 19.3 Å². The monoisotopic (exact) mass is 310 g/mol. The van der Waals surface area contributed by atoms with Crippen LogP contribution in [0.2, 0.25) is 0 Å². The summed E-state index contributed by atoms with van der Waals surface area (Å²) >= 11 is 0. The number of carbonyl (C=O) groups is 2. The quantitative estimate of drug-likeness (QED) is 0.868. The van der Waals surface area contributed by atoms with E-state index in [0.29, 0.717) is 25.0 Å². The number of nitrogens with one attached hydrogen (secondary N) is 1. The molecule has 0 unspecified atom stereocenters. The van der Waals surface area contributed by atoms with Gasteiger partial charge in [0, 0.05) is 12.6 Å². The Labute approximate surface area is 133 Å². The fraction of sp³-hybridized carbons (Fsp3) is 0.882. The minimum absolute atomic E-state index is 0.00209. The smallest absolute Gasteiger partial charge is 0.410 e. The van der Waals surface area contributed by atoms with Gasteiger partial charge >= 0.3 is 6.09 Å². The van der Waals surface area contributed by atoms with Crippen LogP contribution >= 0.6 is 0 Å². The summed E-state index contributed by atoms with van der Waals surface area (Å²) in [5.74, 6) is 0.833. The van der Waals surface area contributed by atoms with E-state index in [4.69, 9.17) is 4.74 Å². The summed E-state index contributed by atoms with van der Waals surface area (Å²) in [5.41, 5.74) is 0. The molecule has 1 aliphatic heterocycles. The highest BCUT2D eigenvalue weighted by molar-refractivity contribution is 5.86.